The number of aliphatic hydroxyl groups is 1. The normalized spacial score (nSPS) is 26.2. The van der Waals surface area contributed by atoms with Crippen LogP contribution in [0.1, 0.15) is 63.8 Å². The second-order valence-corrected chi connectivity index (χ2v) is 7.16. The minimum absolute atomic E-state index is 0.339. The van der Waals surface area contributed by atoms with Crippen LogP contribution in [-0.4, -0.2) is 10.1 Å². The predicted molar refractivity (Wildman–Crippen MR) is 78.8 cm³/mol. The number of hydrogen-bond acceptors (Lipinski definition) is 2. The zero-order valence-electron chi connectivity index (χ0n) is 12.7. The summed E-state index contributed by atoms with van der Waals surface area (Å²) < 4.78 is 0. The molecule has 1 aromatic rings. The van der Waals surface area contributed by atoms with Crippen molar-refractivity contribution < 1.29 is 5.11 Å². The molecule has 1 unspecified atom stereocenters. The first-order valence-electron chi connectivity index (χ1n) is 7.48. The van der Waals surface area contributed by atoms with E-state index in [9.17, 15) is 5.11 Å². The van der Waals surface area contributed by atoms with E-state index in [-0.39, 0.29) is 6.10 Å². The van der Waals surface area contributed by atoms with Gasteiger partial charge >= 0.3 is 0 Å². The molecule has 0 aliphatic heterocycles. The molecule has 0 amide bonds. The van der Waals surface area contributed by atoms with E-state index in [4.69, 9.17) is 0 Å². The number of aromatic nitrogens is 1. The fourth-order valence-corrected chi connectivity index (χ4v) is 3.23. The van der Waals surface area contributed by atoms with E-state index in [1.807, 2.05) is 25.3 Å². The van der Waals surface area contributed by atoms with Crippen LogP contribution in [0.2, 0.25) is 0 Å². The summed E-state index contributed by atoms with van der Waals surface area (Å²) in [4.78, 5) is 4.29. The lowest BCUT2D eigenvalue weighted by atomic mass is 9.68. The van der Waals surface area contributed by atoms with Crippen molar-refractivity contribution in [3.05, 3.63) is 29.6 Å². The topological polar surface area (TPSA) is 33.1 Å². The molecule has 1 atom stereocenters. The van der Waals surface area contributed by atoms with Crippen molar-refractivity contribution in [3.8, 4) is 0 Å². The molecule has 106 valence electrons. The third kappa shape index (κ3) is 3.56. The van der Waals surface area contributed by atoms with Crippen LogP contribution in [0.25, 0.3) is 0 Å². The highest BCUT2D eigenvalue weighted by atomic mass is 16.3. The fraction of sp³-hybridized carbons (Fsp3) is 0.706. The van der Waals surface area contributed by atoms with Crippen molar-refractivity contribution in [2.45, 2.75) is 59.5 Å². The summed E-state index contributed by atoms with van der Waals surface area (Å²) in [7, 11) is 0. The molecule has 1 aliphatic carbocycles. The van der Waals surface area contributed by atoms with E-state index >= 15 is 0 Å². The summed E-state index contributed by atoms with van der Waals surface area (Å²) in [6.07, 6.45) is 6.24. The van der Waals surface area contributed by atoms with Crippen molar-refractivity contribution in [2.24, 2.45) is 17.3 Å². The summed E-state index contributed by atoms with van der Waals surface area (Å²) in [6, 6.07) is 4.00. The Balaban J connectivity index is 1.96. The number of hydrogen-bond donors (Lipinski definition) is 1. The molecule has 0 spiro atoms. The molecule has 0 bridgehead atoms. The van der Waals surface area contributed by atoms with Crippen molar-refractivity contribution >= 4 is 0 Å². The van der Waals surface area contributed by atoms with Crippen LogP contribution in [0, 0.1) is 24.2 Å². The highest BCUT2D eigenvalue weighted by molar-refractivity contribution is 5.16. The van der Waals surface area contributed by atoms with Gasteiger partial charge in [0, 0.05) is 11.9 Å². The summed E-state index contributed by atoms with van der Waals surface area (Å²) in [5.41, 5.74) is 2.39. The standard InChI is InChI=1S/C17H27NO/c1-12-5-6-14(11-18-12)16(19)13-7-9-15(10-8-13)17(2,3)4/h5-6,11,13,15-16,19H,7-10H2,1-4H3. The number of rotatable bonds is 2. The van der Waals surface area contributed by atoms with E-state index in [1.165, 1.54) is 12.8 Å². The third-order valence-corrected chi connectivity index (χ3v) is 4.72. The van der Waals surface area contributed by atoms with Gasteiger partial charge in [-0.2, -0.15) is 0 Å². The van der Waals surface area contributed by atoms with Gasteiger partial charge in [-0.15, -0.1) is 0 Å². The first kappa shape index (κ1) is 14.5. The smallest absolute Gasteiger partial charge is 0.0833 e. The maximum Gasteiger partial charge on any atom is 0.0833 e. The highest BCUT2D eigenvalue weighted by Crippen LogP contribution is 2.43. The number of pyridine rings is 1. The second kappa shape index (κ2) is 5.62. The average molecular weight is 261 g/mol. The lowest BCUT2D eigenvalue weighted by Gasteiger charge is -2.38. The lowest BCUT2D eigenvalue weighted by molar-refractivity contribution is 0.0526. The molecule has 2 heteroatoms. The Morgan fingerprint density at radius 1 is 1.16 bits per heavy atom. The Hall–Kier alpha value is -0.890. The van der Waals surface area contributed by atoms with Crippen LogP contribution in [0.5, 0.6) is 0 Å². The number of nitrogens with zero attached hydrogens (tertiary/aromatic N) is 1. The van der Waals surface area contributed by atoms with Gasteiger partial charge in [0.2, 0.25) is 0 Å². The fourth-order valence-electron chi connectivity index (χ4n) is 3.23. The van der Waals surface area contributed by atoms with Gasteiger partial charge in [-0.05, 0) is 61.5 Å². The molecule has 1 saturated carbocycles. The quantitative estimate of drug-likeness (QED) is 0.862. The lowest BCUT2D eigenvalue weighted by Crippen LogP contribution is -2.28. The Kier molecular flexibility index (Phi) is 4.29. The molecule has 1 aromatic heterocycles. The largest absolute Gasteiger partial charge is 0.388 e. The van der Waals surface area contributed by atoms with Gasteiger partial charge in [0.15, 0.2) is 0 Å². The molecule has 1 heterocycles. The summed E-state index contributed by atoms with van der Waals surface area (Å²) in [5.74, 6) is 1.20. The van der Waals surface area contributed by atoms with Crippen LogP contribution in [0.4, 0.5) is 0 Å². The molecule has 0 radical (unpaired) electrons. The first-order chi connectivity index (χ1) is 8.88. The molecule has 2 nitrogen and oxygen atoms in total. The number of aliphatic hydroxyl groups excluding tert-OH is 1. The Bertz CT molecular complexity index is 396. The highest BCUT2D eigenvalue weighted by Gasteiger charge is 2.32. The summed E-state index contributed by atoms with van der Waals surface area (Å²) in [6.45, 7) is 8.97. The SMILES string of the molecule is Cc1ccc(C(O)C2CCC(C(C)(C)C)CC2)cn1. The molecule has 1 N–H and O–H groups in total. The second-order valence-electron chi connectivity index (χ2n) is 7.16. The maximum atomic E-state index is 10.5. The Morgan fingerprint density at radius 2 is 1.79 bits per heavy atom. The first-order valence-corrected chi connectivity index (χ1v) is 7.48. The van der Waals surface area contributed by atoms with Crippen LogP contribution in [0.3, 0.4) is 0 Å². The molecule has 2 rings (SSSR count). The van der Waals surface area contributed by atoms with Crippen molar-refractivity contribution in [2.75, 3.05) is 0 Å². The molecule has 19 heavy (non-hydrogen) atoms. The minimum Gasteiger partial charge on any atom is -0.388 e. The molecular weight excluding hydrogens is 234 g/mol. The maximum absolute atomic E-state index is 10.5. The van der Waals surface area contributed by atoms with Crippen molar-refractivity contribution in [1.82, 2.24) is 4.98 Å². The van der Waals surface area contributed by atoms with Gasteiger partial charge in [-0.1, -0.05) is 26.8 Å². The zero-order chi connectivity index (χ0) is 14.0. The van der Waals surface area contributed by atoms with Gasteiger partial charge < -0.3 is 5.11 Å². The van der Waals surface area contributed by atoms with E-state index in [0.717, 1.165) is 30.0 Å². The number of aryl methyl sites for hydroxylation is 1. The van der Waals surface area contributed by atoms with E-state index < -0.39 is 0 Å². The van der Waals surface area contributed by atoms with Gasteiger partial charge in [0.25, 0.3) is 0 Å². The molecule has 0 aromatic carbocycles. The Labute approximate surface area is 117 Å². The van der Waals surface area contributed by atoms with E-state index in [1.54, 1.807) is 0 Å². The molecule has 1 fully saturated rings. The monoisotopic (exact) mass is 261 g/mol. The summed E-state index contributed by atoms with van der Waals surface area (Å²) >= 11 is 0. The van der Waals surface area contributed by atoms with Crippen LogP contribution in [0.15, 0.2) is 18.3 Å². The molecule has 1 aliphatic rings. The average Bonchev–Trinajstić information content (AvgIpc) is 2.38. The predicted octanol–water partition coefficient (Wildman–Crippen LogP) is 4.28. The van der Waals surface area contributed by atoms with Gasteiger partial charge in [-0.25, -0.2) is 0 Å². The van der Waals surface area contributed by atoms with E-state index in [2.05, 4.69) is 25.8 Å². The molecular formula is C17H27NO. The van der Waals surface area contributed by atoms with Crippen molar-refractivity contribution in [1.29, 1.82) is 0 Å². The van der Waals surface area contributed by atoms with Gasteiger partial charge in [-0.3, -0.25) is 4.98 Å². The van der Waals surface area contributed by atoms with Crippen molar-refractivity contribution in [3.63, 3.8) is 0 Å². The van der Waals surface area contributed by atoms with Gasteiger partial charge in [0.1, 0.15) is 0 Å². The minimum atomic E-state index is -0.339. The summed E-state index contributed by atoms with van der Waals surface area (Å²) in [5, 5.41) is 10.5. The van der Waals surface area contributed by atoms with Gasteiger partial charge in [0.05, 0.1) is 6.10 Å². The van der Waals surface area contributed by atoms with Crippen LogP contribution >= 0.6 is 0 Å². The van der Waals surface area contributed by atoms with E-state index in [0.29, 0.717) is 11.3 Å². The zero-order valence-corrected chi connectivity index (χ0v) is 12.7. The third-order valence-electron chi connectivity index (χ3n) is 4.72. The van der Waals surface area contributed by atoms with Crippen LogP contribution < -0.4 is 0 Å². The Morgan fingerprint density at radius 3 is 2.26 bits per heavy atom. The molecule has 0 saturated heterocycles. The van der Waals surface area contributed by atoms with Crippen LogP contribution in [-0.2, 0) is 0 Å².